The molecule has 0 saturated carbocycles. The second-order valence-corrected chi connectivity index (χ2v) is 4.36. The van der Waals surface area contributed by atoms with Gasteiger partial charge in [-0.25, -0.2) is 0 Å². The minimum atomic E-state index is -0.625. The molecule has 0 saturated heterocycles. The van der Waals surface area contributed by atoms with Gasteiger partial charge in [-0.15, -0.1) is 0 Å². The lowest BCUT2D eigenvalue weighted by atomic mass is 10.1. The molecule has 2 aromatic rings. The zero-order valence-electron chi connectivity index (χ0n) is 10.4. The van der Waals surface area contributed by atoms with Crippen molar-refractivity contribution in [3.63, 3.8) is 0 Å². The summed E-state index contributed by atoms with van der Waals surface area (Å²) in [5, 5.41) is 12.8. The number of furan rings is 1. The molecule has 1 aromatic carbocycles. The van der Waals surface area contributed by atoms with Gasteiger partial charge in [-0.3, -0.25) is 5.32 Å². The van der Waals surface area contributed by atoms with E-state index in [1.807, 2.05) is 6.07 Å². The third-order valence-corrected chi connectivity index (χ3v) is 2.93. The Balaban J connectivity index is 1.59. The Kier molecular flexibility index (Phi) is 5.00. The average Bonchev–Trinajstić information content (AvgIpc) is 2.93. The fraction of sp³-hybridized carbons (Fsp3) is 0.333. The fourth-order valence-corrected chi connectivity index (χ4v) is 1.89. The lowest BCUT2D eigenvalue weighted by molar-refractivity contribution is 0.138. The third-order valence-electron chi connectivity index (χ3n) is 2.93. The standard InChI is InChI=1S/C15H19NO2/c17-15(14-9-11-18-12-14)16-10-5-4-8-13-6-2-1-3-7-13/h1-3,6-7,9,11-12,15-17H,4-5,8,10H2. The van der Waals surface area contributed by atoms with E-state index in [0.717, 1.165) is 31.4 Å². The molecule has 0 aliphatic carbocycles. The Labute approximate surface area is 107 Å². The third kappa shape index (κ3) is 4.02. The number of unbranched alkanes of at least 4 members (excludes halogenated alkanes) is 1. The highest BCUT2D eigenvalue weighted by Gasteiger charge is 2.06. The number of rotatable bonds is 7. The molecule has 2 rings (SSSR count). The van der Waals surface area contributed by atoms with Gasteiger partial charge >= 0.3 is 0 Å². The normalized spacial score (nSPS) is 12.5. The molecular formula is C15H19NO2. The lowest BCUT2D eigenvalue weighted by Gasteiger charge is -2.10. The molecular weight excluding hydrogens is 226 g/mol. The SMILES string of the molecule is OC(NCCCCc1ccccc1)c1ccoc1. The number of nitrogens with one attached hydrogen (secondary N) is 1. The predicted octanol–water partition coefficient (Wildman–Crippen LogP) is 2.88. The van der Waals surface area contributed by atoms with Crippen LogP contribution in [0.2, 0.25) is 0 Å². The molecule has 3 heteroatoms. The zero-order chi connectivity index (χ0) is 12.6. The minimum absolute atomic E-state index is 0.625. The number of aryl methyl sites for hydroxylation is 1. The van der Waals surface area contributed by atoms with E-state index in [2.05, 4.69) is 29.6 Å². The lowest BCUT2D eigenvalue weighted by Crippen LogP contribution is -2.21. The summed E-state index contributed by atoms with van der Waals surface area (Å²) in [7, 11) is 0. The number of aliphatic hydroxyl groups is 1. The summed E-state index contributed by atoms with van der Waals surface area (Å²) in [6.07, 6.45) is 5.75. The van der Waals surface area contributed by atoms with Crippen molar-refractivity contribution in [3.8, 4) is 0 Å². The molecule has 96 valence electrons. The summed E-state index contributed by atoms with van der Waals surface area (Å²) in [4.78, 5) is 0. The average molecular weight is 245 g/mol. The molecule has 0 bridgehead atoms. The van der Waals surface area contributed by atoms with Crippen LogP contribution in [0.15, 0.2) is 53.3 Å². The van der Waals surface area contributed by atoms with Crippen molar-refractivity contribution in [2.24, 2.45) is 0 Å². The molecule has 2 N–H and O–H groups in total. The van der Waals surface area contributed by atoms with Crippen molar-refractivity contribution < 1.29 is 9.52 Å². The first-order chi connectivity index (χ1) is 8.86. The summed E-state index contributed by atoms with van der Waals surface area (Å²) < 4.78 is 4.92. The van der Waals surface area contributed by atoms with Gasteiger partial charge < -0.3 is 9.52 Å². The maximum Gasteiger partial charge on any atom is 0.134 e. The summed E-state index contributed by atoms with van der Waals surface area (Å²) in [6, 6.07) is 12.2. The van der Waals surface area contributed by atoms with E-state index in [1.54, 1.807) is 18.6 Å². The summed E-state index contributed by atoms with van der Waals surface area (Å²) in [5.74, 6) is 0. The smallest absolute Gasteiger partial charge is 0.134 e. The molecule has 0 fully saturated rings. The highest BCUT2D eigenvalue weighted by Crippen LogP contribution is 2.10. The van der Waals surface area contributed by atoms with Crippen molar-refractivity contribution in [2.75, 3.05) is 6.54 Å². The molecule has 0 spiro atoms. The molecule has 18 heavy (non-hydrogen) atoms. The molecule has 0 aliphatic heterocycles. The molecule has 1 heterocycles. The number of hydrogen-bond acceptors (Lipinski definition) is 3. The zero-order valence-corrected chi connectivity index (χ0v) is 10.4. The van der Waals surface area contributed by atoms with Gasteiger partial charge in [0.15, 0.2) is 0 Å². The summed E-state index contributed by atoms with van der Waals surface area (Å²) >= 11 is 0. The van der Waals surface area contributed by atoms with Crippen molar-refractivity contribution in [1.82, 2.24) is 5.32 Å². The van der Waals surface area contributed by atoms with Gasteiger partial charge in [0.1, 0.15) is 6.23 Å². The number of aliphatic hydroxyl groups excluding tert-OH is 1. The van der Waals surface area contributed by atoms with Gasteiger partial charge in [0, 0.05) is 5.56 Å². The Bertz CT molecular complexity index is 425. The Morgan fingerprint density at radius 1 is 1.11 bits per heavy atom. The Hall–Kier alpha value is -1.58. The maximum atomic E-state index is 9.75. The second kappa shape index (κ2) is 6.99. The first kappa shape index (κ1) is 12.9. The topological polar surface area (TPSA) is 45.4 Å². The van der Waals surface area contributed by atoms with E-state index < -0.39 is 6.23 Å². The van der Waals surface area contributed by atoms with Gasteiger partial charge in [0.2, 0.25) is 0 Å². The predicted molar refractivity (Wildman–Crippen MR) is 71.1 cm³/mol. The van der Waals surface area contributed by atoms with Crippen LogP contribution in [-0.4, -0.2) is 11.7 Å². The first-order valence-corrected chi connectivity index (χ1v) is 6.34. The molecule has 0 aliphatic rings. The van der Waals surface area contributed by atoms with Gasteiger partial charge in [0.05, 0.1) is 12.5 Å². The van der Waals surface area contributed by atoms with Gasteiger partial charge in [0.25, 0.3) is 0 Å². The molecule has 1 unspecified atom stereocenters. The molecule has 1 aromatic heterocycles. The van der Waals surface area contributed by atoms with E-state index in [0.29, 0.717) is 0 Å². The molecule has 3 nitrogen and oxygen atoms in total. The first-order valence-electron chi connectivity index (χ1n) is 6.34. The van der Waals surface area contributed by atoms with Crippen LogP contribution in [-0.2, 0) is 6.42 Å². The van der Waals surface area contributed by atoms with Crippen molar-refractivity contribution >= 4 is 0 Å². The van der Waals surface area contributed by atoms with Crippen molar-refractivity contribution in [2.45, 2.75) is 25.5 Å². The van der Waals surface area contributed by atoms with E-state index in [1.165, 1.54) is 5.56 Å². The summed E-state index contributed by atoms with van der Waals surface area (Å²) in [6.45, 7) is 0.805. The van der Waals surface area contributed by atoms with Crippen LogP contribution in [0.25, 0.3) is 0 Å². The van der Waals surface area contributed by atoms with E-state index in [4.69, 9.17) is 4.42 Å². The largest absolute Gasteiger partial charge is 0.472 e. The van der Waals surface area contributed by atoms with Crippen LogP contribution in [0.1, 0.15) is 30.2 Å². The van der Waals surface area contributed by atoms with Crippen LogP contribution < -0.4 is 5.32 Å². The van der Waals surface area contributed by atoms with Gasteiger partial charge in [-0.1, -0.05) is 30.3 Å². The summed E-state index contributed by atoms with van der Waals surface area (Å²) in [5.41, 5.74) is 2.14. The van der Waals surface area contributed by atoms with Gasteiger partial charge in [-0.05, 0) is 37.4 Å². The van der Waals surface area contributed by atoms with Crippen LogP contribution in [0.4, 0.5) is 0 Å². The highest BCUT2D eigenvalue weighted by molar-refractivity contribution is 5.14. The maximum absolute atomic E-state index is 9.75. The highest BCUT2D eigenvalue weighted by atomic mass is 16.3. The molecule has 1 atom stereocenters. The number of benzene rings is 1. The number of hydrogen-bond donors (Lipinski definition) is 2. The van der Waals surface area contributed by atoms with Crippen LogP contribution in [0.5, 0.6) is 0 Å². The van der Waals surface area contributed by atoms with Crippen LogP contribution >= 0.6 is 0 Å². The Morgan fingerprint density at radius 2 is 1.94 bits per heavy atom. The fourth-order valence-electron chi connectivity index (χ4n) is 1.89. The van der Waals surface area contributed by atoms with Crippen molar-refractivity contribution in [1.29, 1.82) is 0 Å². The van der Waals surface area contributed by atoms with Crippen LogP contribution in [0.3, 0.4) is 0 Å². The minimum Gasteiger partial charge on any atom is -0.472 e. The quantitative estimate of drug-likeness (QED) is 0.582. The molecule has 0 radical (unpaired) electrons. The van der Waals surface area contributed by atoms with Gasteiger partial charge in [-0.2, -0.15) is 0 Å². The second-order valence-electron chi connectivity index (χ2n) is 4.36. The Morgan fingerprint density at radius 3 is 2.67 bits per heavy atom. The van der Waals surface area contributed by atoms with E-state index >= 15 is 0 Å². The van der Waals surface area contributed by atoms with E-state index in [9.17, 15) is 5.11 Å². The van der Waals surface area contributed by atoms with Crippen molar-refractivity contribution in [3.05, 3.63) is 60.1 Å². The monoisotopic (exact) mass is 245 g/mol. The molecule has 0 amide bonds. The van der Waals surface area contributed by atoms with E-state index in [-0.39, 0.29) is 0 Å². The van der Waals surface area contributed by atoms with Crippen LogP contribution in [0, 0.1) is 0 Å².